The van der Waals surface area contributed by atoms with Crippen LogP contribution in [-0.4, -0.2) is 37.8 Å². The first-order valence-corrected chi connectivity index (χ1v) is 6.98. The van der Waals surface area contributed by atoms with E-state index < -0.39 is 10.0 Å². The Labute approximate surface area is 100 Å². The molecular weight excluding hydrogens is 244 g/mol. The minimum Gasteiger partial charge on any atom is -0.390 e. The number of aromatic amines is 1. The normalized spacial score (nSPS) is 21.6. The summed E-state index contributed by atoms with van der Waals surface area (Å²) in [4.78, 5) is 2.84. The van der Waals surface area contributed by atoms with Crippen LogP contribution in [0.3, 0.4) is 0 Å². The molecule has 0 bridgehead atoms. The van der Waals surface area contributed by atoms with Crippen molar-refractivity contribution in [3.63, 3.8) is 0 Å². The molecule has 0 aromatic carbocycles. The van der Waals surface area contributed by atoms with Crippen molar-refractivity contribution in [1.82, 2.24) is 9.71 Å². The maximum Gasteiger partial charge on any atom is 0.242 e. The van der Waals surface area contributed by atoms with E-state index >= 15 is 0 Å². The zero-order valence-electron chi connectivity index (χ0n) is 9.35. The number of H-pyrrole nitrogens is 1. The van der Waals surface area contributed by atoms with E-state index in [-0.39, 0.29) is 17.5 Å². The highest BCUT2D eigenvalue weighted by Crippen LogP contribution is 2.14. The molecule has 7 heteroatoms. The van der Waals surface area contributed by atoms with Gasteiger partial charge in [0.15, 0.2) is 0 Å². The van der Waals surface area contributed by atoms with Crippen molar-refractivity contribution in [2.75, 3.05) is 13.2 Å². The minimum atomic E-state index is -3.52. The van der Waals surface area contributed by atoms with Gasteiger partial charge in [0.05, 0.1) is 18.1 Å². The van der Waals surface area contributed by atoms with Gasteiger partial charge < -0.3 is 14.8 Å². The highest BCUT2D eigenvalue weighted by atomic mass is 32.2. The van der Waals surface area contributed by atoms with Gasteiger partial charge in [0.25, 0.3) is 0 Å². The van der Waals surface area contributed by atoms with Gasteiger partial charge >= 0.3 is 0 Å². The van der Waals surface area contributed by atoms with Crippen LogP contribution in [0.2, 0.25) is 0 Å². The first-order chi connectivity index (χ1) is 8.12. The number of aromatic nitrogens is 1. The fourth-order valence-corrected chi connectivity index (χ4v) is 3.06. The summed E-state index contributed by atoms with van der Waals surface area (Å²) in [5, 5.41) is 8.87. The molecular formula is C10H16N2O4S. The summed E-state index contributed by atoms with van der Waals surface area (Å²) in [5.74, 6) is 0. The number of nitrogens with one attached hydrogen (secondary N) is 2. The molecule has 0 aliphatic carbocycles. The molecule has 0 radical (unpaired) electrons. The fourth-order valence-electron chi connectivity index (χ4n) is 1.79. The Bertz CT molecular complexity index is 462. The maximum atomic E-state index is 12.0. The number of rotatable bonds is 4. The predicted octanol–water partition coefficient (Wildman–Crippen LogP) is -0.0357. The summed E-state index contributed by atoms with van der Waals surface area (Å²) in [6, 6.07) is 1.26. The van der Waals surface area contributed by atoms with E-state index in [0.717, 1.165) is 12.8 Å². The van der Waals surface area contributed by atoms with E-state index in [9.17, 15) is 8.42 Å². The Kier molecular flexibility index (Phi) is 3.82. The second-order valence-corrected chi connectivity index (χ2v) is 5.77. The Morgan fingerprint density at radius 1 is 1.59 bits per heavy atom. The van der Waals surface area contributed by atoms with E-state index in [1.807, 2.05) is 0 Å². The standard InChI is InChI=1S/C10H16N2O4S/c13-6-9-4-10(5-11-9)17(14,15)12-8-2-1-3-16-7-8/h4-5,8,11-13H,1-3,6-7H2. The van der Waals surface area contributed by atoms with Crippen LogP contribution in [-0.2, 0) is 21.4 Å². The molecule has 1 saturated heterocycles. The average Bonchev–Trinajstić information content (AvgIpc) is 2.79. The summed E-state index contributed by atoms with van der Waals surface area (Å²) >= 11 is 0. The lowest BCUT2D eigenvalue weighted by Crippen LogP contribution is -2.40. The lowest BCUT2D eigenvalue weighted by molar-refractivity contribution is 0.0774. The van der Waals surface area contributed by atoms with E-state index in [2.05, 4.69) is 9.71 Å². The molecule has 1 unspecified atom stereocenters. The van der Waals surface area contributed by atoms with Crippen molar-refractivity contribution in [3.8, 4) is 0 Å². The average molecular weight is 260 g/mol. The number of ether oxygens (including phenoxy) is 1. The Morgan fingerprint density at radius 3 is 3.00 bits per heavy atom. The van der Waals surface area contributed by atoms with Gasteiger partial charge in [-0.05, 0) is 18.9 Å². The molecule has 96 valence electrons. The van der Waals surface area contributed by atoms with Gasteiger partial charge in [-0.2, -0.15) is 0 Å². The molecule has 17 heavy (non-hydrogen) atoms. The third-order valence-electron chi connectivity index (χ3n) is 2.68. The number of hydrogen-bond donors (Lipinski definition) is 3. The SMILES string of the molecule is O=S(=O)(NC1CCCOC1)c1c[nH]c(CO)c1. The van der Waals surface area contributed by atoms with Crippen molar-refractivity contribution >= 4 is 10.0 Å². The molecule has 0 amide bonds. The van der Waals surface area contributed by atoms with Gasteiger partial charge in [0, 0.05) is 24.5 Å². The summed E-state index contributed by atoms with van der Waals surface area (Å²) in [6.07, 6.45) is 3.02. The van der Waals surface area contributed by atoms with Crippen LogP contribution in [0.5, 0.6) is 0 Å². The van der Waals surface area contributed by atoms with Gasteiger partial charge in [0.2, 0.25) is 10.0 Å². The van der Waals surface area contributed by atoms with Crippen molar-refractivity contribution in [3.05, 3.63) is 18.0 Å². The van der Waals surface area contributed by atoms with Crippen LogP contribution in [0.15, 0.2) is 17.2 Å². The summed E-state index contributed by atoms with van der Waals surface area (Å²) in [7, 11) is -3.52. The lowest BCUT2D eigenvalue weighted by Gasteiger charge is -2.22. The smallest absolute Gasteiger partial charge is 0.242 e. The van der Waals surface area contributed by atoms with Gasteiger partial charge in [-0.1, -0.05) is 0 Å². The molecule has 1 fully saturated rings. The molecule has 0 saturated carbocycles. The second kappa shape index (κ2) is 5.18. The number of aliphatic hydroxyl groups is 1. The molecule has 1 aromatic heterocycles. The van der Waals surface area contributed by atoms with Crippen molar-refractivity contribution < 1.29 is 18.3 Å². The monoisotopic (exact) mass is 260 g/mol. The molecule has 1 aliphatic rings. The molecule has 0 spiro atoms. The zero-order chi connectivity index (χ0) is 12.3. The quantitative estimate of drug-likeness (QED) is 0.708. The van der Waals surface area contributed by atoms with Crippen LogP contribution in [0, 0.1) is 0 Å². The number of aliphatic hydroxyl groups excluding tert-OH is 1. The molecule has 1 atom stereocenters. The number of hydrogen-bond acceptors (Lipinski definition) is 4. The summed E-state index contributed by atoms with van der Waals surface area (Å²) in [6.45, 7) is 0.898. The Morgan fingerprint density at radius 2 is 2.41 bits per heavy atom. The summed E-state index contributed by atoms with van der Waals surface area (Å²) < 4.78 is 31.7. The lowest BCUT2D eigenvalue weighted by atomic mass is 10.1. The molecule has 6 nitrogen and oxygen atoms in total. The van der Waals surface area contributed by atoms with Gasteiger partial charge in [-0.3, -0.25) is 0 Å². The minimum absolute atomic E-state index is 0.145. The molecule has 1 aromatic rings. The predicted molar refractivity (Wildman–Crippen MR) is 60.9 cm³/mol. The second-order valence-electron chi connectivity index (χ2n) is 4.05. The van der Waals surface area contributed by atoms with Gasteiger partial charge in [-0.15, -0.1) is 0 Å². The highest BCUT2D eigenvalue weighted by Gasteiger charge is 2.22. The van der Waals surface area contributed by atoms with Crippen LogP contribution in [0.1, 0.15) is 18.5 Å². The largest absolute Gasteiger partial charge is 0.390 e. The van der Waals surface area contributed by atoms with Gasteiger partial charge in [-0.25, -0.2) is 13.1 Å². The molecule has 3 N–H and O–H groups in total. The maximum absolute atomic E-state index is 12.0. The molecule has 2 heterocycles. The van der Waals surface area contributed by atoms with Crippen molar-refractivity contribution in [2.24, 2.45) is 0 Å². The van der Waals surface area contributed by atoms with Crippen LogP contribution in [0.4, 0.5) is 0 Å². The Balaban J connectivity index is 2.07. The first-order valence-electron chi connectivity index (χ1n) is 5.50. The van der Waals surface area contributed by atoms with E-state index in [4.69, 9.17) is 9.84 Å². The highest BCUT2D eigenvalue weighted by molar-refractivity contribution is 7.89. The van der Waals surface area contributed by atoms with Crippen LogP contribution < -0.4 is 4.72 Å². The van der Waals surface area contributed by atoms with E-state index in [1.54, 1.807) is 0 Å². The van der Waals surface area contributed by atoms with Gasteiger partial charge in [0.1, 0.15) is 0 Å². The third kappa shape index (κ3) is 3.06. The fraction of sp³-hybridized carbons (Fsp3) is 0.600. The topological polar surface area (TPSA) is 91.4 Å². The van der Waals surface area contributed by atoms with Crippen LogP contribution >= 0.6 is 0 Å². The van der Waals surface area contributed by atoms with E-state index in [1.165, 1.54) is 12.3 Å². The zero-order valence-corrected chi connectivity index (χ0v) is 10.2. The number of sulfonamides is 1. The van der Waals surface area contributed by atoms with Crippen LogP contribution in [0.25, 0.3) is 0 Å². The molecule has 2 rings (SSSR count). The third-order valence-corrected chi connectivity index (χ3v) is 4.18. The first kappa shape index (κ1) is 12.6. The van der Waals surface area contributed by atoms with E-state index in [0.29, 0.717) is 18.9 Å². The Hall–Kier alpha value is -0.890. The van der Waals surface area contributed by atoms with Crippen molar-refractivity contribution in [2.45, 2.75) is 30.4 Å². The van der Waals surface area contributed by atoms with Crippen molar-refractivity contribution in [1.29, 1.82) is 0 Å². The molecule has 1 aliphatic heterocycles. The summed E-state index contributed by atoms with van der Waals surface area (Å²) in [5.41, 5.74) is 0.477.